The highest BCUT2D eigenvalue weighted by Crippen LogP contribution is 2.24. The van der Waals surface area contributed by atoms with Gasteiger partial charge in [0.1, 0.15) is 5.82 Å². The molecule has 4 rings (SSSR count). The molecule has 31 heavy (non-hydrogen) atoms. The van der Waals surface area contributed by atoms with Crippen molar-refractivity contribution in [2.45, 2.75) is 24.7 Å². The van der Waals surface area contributed by atoms with E-state index in [0.717, 1.165) is 12.8 Å². The van der Waals surface area contributed by atoms with Crippen LogP contribution in [0.1, 0.15) is 30.1 Å². The number of piperidine rings is 1. The maximum absolute atomic E-state index is 13.3. The monoisotopic (exact) mass is 444 g/mol. The van der Waals surface area contributed by atoms with Gasteiger partial charge in [-0.2, -0.15) is 4.31 Å². The topological polar surface area (TPSA) is 105 Å². The lowest BCUT2D eigenvalue weighted by Gasteiger charge is -2.30. The molecule has 1 N–H and O–H groups in total. The van der Waals surface area contributed by atoms with E-state index in [1.54, 1.807) is 6.07 Å². The lowest BCUT2D eigenvalue weighted by atomic mass is 10.0. The molecule has 1 saturated heterocycles. The lowest BCUT2D eigenvalue weighted by Crippen LogP contribution is -2.39. The van der Waals surface area contributed by atoms with Crippen molar-refractivity contribution in [3.63, 3.8) is 0 Å². The predicted octanol–water partition coefficient (Wildman–Crippen LogP) is 3.55. The van der Waals surface area contributed by atoms with E-state index in [2.05, 4.69) is 15.5 Å². The van der Waals surface area contributed by atoms with Crippen LogP contribution in [0.3, 0.4) is 0 Å². The fourth-order valence-electron chi connectivity index (χ4n) is 3.47. The van der Waals surface area contributed by atoms with E-state index in [4.69, 9.17) is 4.42 Å². The van der Waals surface area contributed by atoms with Gasteiger partial charge in [0.25, 0.3) is 5.91 Å². The quantitative estimate of drug-likeness (QED) is 0.645. The molecule has 1 unspecified atom stereocenters. The van der Waals surface area contributed by atoms with Crippen LogP contribution in [-0.4, -0.2) is 41.9 Å². The molecule has 2 heterocycles. The van der Waals surface area contributed by atoms with Crippen molar-refractivity contribution in [1.82, 2.24) is 14.5 Å². The number of hydrogen-bond donors (Lipinski definition) is 1. The fraction of sp³-hybridized carbons (Fsp3) is 0.286. The van der Waals surface area contributed by atoms with Gasteiger partial charge in [0, 0.05) is 24.2 Å². The summed E-state index contributed by atoms with van der Waals surface area (Å²) < 4.78 is 45.9. The summed E-state index contributed by atoms with van der Waals surface area (Å²) in [6.45, 7) is 3.03. The molecular weight excluding hydrogens is 423 g/mol. The molecule has 1 fully saturated rings. The molecule has 0 spiro atoms. The summed E-state index contributed by atoms with van der Waals surface area (Å²) in [7, 11) is -3.60. The molecule has 1 aliphatic heterocycles. The molecule has 8 nitrogen and oxygen atoms in total. The molecule has 3 aromatic rings. The normalized spacial score (nSPS) is 17.4. The van der Waals surface area contributed by atoms with Crippen molar-refractivity contribution in [2.75, 3.05) is 18.4 Å². The van der Waals surface area contributed by atoms with E-state index in [1.165, 1.54) is 46.8 Å². The number of nitrogens with one attached hydrogen (secondary N) is 1. The van der Waals surface area contributed by atoms with Gasteiger partial charge in [0.15, 0.2) is 0 Å². The molecule has 2 aromatic carbocycles. The zero-order chi connectivity index (χ0) is 22.0. The second-order valence-corrected chi connectivity index (χ2v) is 9.45. The Balaban J connectivity index is 1.45. The van der Waals surface area contributed by atoms with Crippen LogP contribution in [0.4, 0.5) is 10.4 Å². The van der Waals surface area contributed by atoms with Gasteiger partial charge in [0.2, 0.25) is 15.9 Å². The van der Waals surface area contributed by atoms with Crippen LogP contribution in [0.15, 0.2) is 57.8 Å². The summed E-state index contributed by atoms with van der Waals surface area (Å²) in [4.78, 5) is 12.6. The minimum absolute atomic E-state index is 0.0620. The summed E-state index contributed by atoms with van der Waals surface area (Å²) in [5.74, 6) is -0.604. The molecule has 1 atom stereocenters. The number of amides is 1. The Hall–Kier alpha value is -3.11. The van der Waals surface area contributed by atoms with Crippen molar-refractivity contribution < 1.29 is 22.0 Å². The van der Waals surface area contributed by atoms with E-state index < -0.39 is 21.7 Å². The summed E-state index contributed by atoms with van der Waals surface area (Å²) >= 11 is 0. The number of halogens is 1. The molecule has 1 amide bonds. The lowest BCUT2D eigenvalue weighted by molar-refractivity contribution is 0.102. The van der Waals surface area contributed by atoms with E-state index in [-0.39, 0.29) is 22.4 Å². The van der Waals surface area contributed by atoms with Crippen molar-refractivity contribution in [2.24, 2.45) is 5.92 Å². The molecule has 0 aliphatic carbocycles. The smallest absolute Gasteiger partial charge is 0.322 e. The molecule has 0 bridgehead atoms. The number of benzene rings is 2. The molecule has 1 aromatic heterocycles. The Labute approximate surface area is 179 Å². The number of hydrogen-bond acceptors (Lipinski definition) is 6. The van der Waals surface area contributed by atoms with E-state index in [1.807, 2.05) is 6.92 Å². The number of anilines is 1. The van der Waals surface area contributed by atoms with Crippen molar-refractivity contribution in [3.8, 4) is 11.5 Å². The second kappa shape index (κ2) is 8.56. The van der Waals surface area contributed by atoms with Crippen molar-refractivity contribution in [3.05, 3.63) is 59.9 Å². The van der Waals surface area contributed by atoms with Gasteiger partial charge < -0.3 is 4.42 Å². The van der Waals surface area contributed by atoms with Gasteiger partial charge in [-0.3, -0.25) is 10.1 Å². The van der Waals surface area contributed by atoms with Crippen LogP contribution < -0.4 is 5.32 Å². The van der Waals surface area contributed by atoms with Crippen molar-refractivity contribution in [1.29, 1.82) is 0 Å². The molecule has 10 heteroatoms. The van der Waals surface area contributed by atoms with Gasteiger partial charge in [-0.05, 0) is 61.2 Å². The largest absolute Gasteiger partial charge is 0.403 e. The first-order chi connectivity index (χ1) is 14.8. The average Bonchev–Trinajstić information content (AvgIpc) is 3.22. The summed E-state index contributed by atoms with van der Waals surface area (Å²) in [6, 6.07) is 11.2. The Kier molecular flexibility index (Phi) is 5.84. The highest BCUT2D eigenvalue weighted by molar-refractivity contribution is 7.89. The fourth-order valence-corrected chi connectivity index (χ4v) is 5.07. The SMILES string of the molecule is CC1CCCN(S(=O)(=O)c2ccc(C(=O)Nc3nnc(-c4cccc(F)c4)o3)cc2)C1. The number of nitrogens with zero attached hydrogens (tertiary/aromatic N) is 3. The van der Waals surface area contributed by atoms with Gasteiger partial charge in [-0.15, -0.1) is 5.10 Å². The van der Waals surface area contributed by atoms with Crippen LogP contribution >= 0.6 is 0 Å². The second-order valence-electron chi connectivity index (χ2n) is 7.51. The Morgan fingerprint density at radius 3 is 2.68 bits per heavy atom. The number of aromatic nitrogens is 2. The van der Waals surface area contributed by atoms with Crippen LogP contribution in [0.5, 0.6) is 0 Å². The maximum Gasteiger partial charge on any atom is 0.322 e. The highest BCUT2D eigenvalue weighted by atomic mass is 32.2. The number of rotatable bonds is 5. The Morgan fingerprint density at radius 1 is 1.19 bits per heavy atom. The standard InChI is InChI=1S/C21H21FN4O4S/c1-14-4-3-11-26(13-14)31(28,29)18-9-7-15(8-10-18)19(27)23-21-25-24-20(30-21)16-5-2-6-17(22)12-16/h2,5-10,12,14H,3-4,11,13H2,1H3,(H,23,25,27). The summed E-state index contributed by atoms with van der Waals surface area (Å²) in [5.41, 5.74) is 0.617. The molecule has 0 radical (unpaired) electrons. The first kappa shape index (κ1) is 21.1. The first-order valence-corrected chi connectivity index (χ1v) is 11.3. The summed E-state index contributed by atoms with van der Waals surface area (Å²) in [5, 5.41) is 9.99. The van der Waals surface area contributed by atoms with Crippen LogP contribution in [0, 0.1) is 11.7 Å². The Morgan fingerprint density at radius 2 is 1.97 bits per heavy atom. The van der Waals surface area contributed by atoms with Crippen LogP contribution in [0.2, 0.25) is 0 Å². The third kappa shape index (κ3) is 4.64. The number of sulfonamides is 1. The maximum atomic E-state index is 13.3. The molecule has 162 valence electrons. The van der Waals surface area contributed by atoms with E-state index >= 15 is 0 Å². The van der Waals surface area contributed by atoms with Crippen molar-refractivity contribution >= 4 is 21.9 Å². The molecular formula is C21H21FN4O4S. The van der Waals surface area contributed by atoms with Crippen LogP contribution in [-0.2, 0) is 10.0 Å². The minimum Gasteiger partial charge on any atom is -0.403 e. The van der Waals surface area contributed by atoms with Crippen LogP contribution in [0.25, 0.3) is 11.5 Å². The Bertz CT molecular complexity index is 1190. The third-order valence-corrected chi connectivity index (χ3v) is 6.97. The van der Waals surface area contributed by atoms with E-state index in [0.29, 0.717) is 24.6 Å². The third-order valence-electron chi connectivity index (χ3n) is 5.09. The highest BCUT2D eigenvalue weighted by Gasteiger charge is 2.28. The van der Waals surface area contributed by atoms with E-state index in [9.17, 15) is 17.6 Å². The average molecular weight is 444 g/mol. The number of carbonyl (C=O) groups is 1. The summed E-state index contributed by atoms with van der Waals surface area (Å²) in [6.07, 6.45) is 1.85. The molecule has 0 saturated carbocycles. The zero-order valence-electron chi connectivity index (χ0n) is 16.8. The molecule has 1 aliphatic rings. The van der Waals surface area contributed by atoms with Gasteiger partial charge in [-0.1, -0.05) is 18.1 Å². The van der Waals surface area contributed by atoms with Gasteiger partial charge in [-0.25, -0.2) is 12.8 Å². The van der Waals surface area contributed by atoms with Gasteiger partial charge >= 0.3 is 6.01 Å². The predicted molar refractivity (Wildman–Crippen MR) is 111 cm³/mol. The first-order valence-electron chi connectivity index (χ1n) is 9.84. The zero-order valence-corrected chi connectivity index (χ0v) is 17.6. The van der Waals surface area contributed by atoms with Gasteiger partial charge in [0.05, 0.1) is 4.90 Å². The number of carbonyl (C=O) groups excluding carboxylic acids is 1. The minimum atomic E-state index is -3.60.